The van der Waals surface area contributed by atoms with E-state index in [1.807, 2.05) is 18.2 Å². The van der Waals surface area contributed by atoms with Crippen molar-refractivity contribution in [3.05, 3.63) is 100 Å². The maximum Gasteiger partial charge on any atom is 0.277 e. The normalized spacial score (nSPS) is 10.9. The quantitative estimate of drug-likeness (QED) is 0.431. The number of carbonyl (C=O) groups is 1. The van der Waals surface area contributed by atoms with Crippen molar-refractivity contribution >= 4 is 16.8 Å². The van der Waals surface area contributed by atoms with Crippen LogP contribution in [-0.4, -0.2) is 30.8 Å². The van der Waals surface area contributed by atoms with Crippen molar-refractivity contribution in [1.29, 1.82) is 0 Å². The molecular formula is C25H25N5O2. The van der Waals surface area contributed by atoms with Crippen LogP contribution in [0.2, 0.25) is 0 Å². The summed E-state index contributed by atoms with van der Waals surface area (Å²) in [5.41, 5.74) is 3.58. The second-order valence-corrected chi connectivity index (χ2v) is 7.67. The van der Waals surface area contributed by atoms with Gasteiger partial charge in [-0.1, -0.05) is 54.6 Å². The van der Waals surface area contributed by atoms with Crippen molar-refractivity contribution in [2.75, 3.05) is 0 Å². The number of nitrogens with zero attached hydrogens (tertiary/aromatic N) is 5. The molecule has 2 heterocycles. The lowest BCUT2D eigenvalue weighted by molar-refractivity contribution is -0.132. The largest absolute Gasteiger partial charge is 0.334 e. The van der Waals surface area contributed by atoms with E-state index in [-0.39, 0.29) is 24.4 Å². The zero-order valence-corrected chi connectivity index (χ0v) is 18.0. The Morgan fingerprint density at radius 3 is 2.44 bits per heavy atom. The summed E-state index contributed by atoms with van der Waals surface area (Å²) in [4.78, 5) is 31.8. The minimum absolute atomic E-state index is 0.0599. The van der Waals surface area contributed by atoms with E-state index in [1.165, 1.54) is 10.2 Å². The molecule has 0 atom stereocenters. The van der Waals surface area contributed by atoms with E-state index < -0.39 is 0 Å². The van der Waals surface area contributed by atoms with E-state index in [9.17, 15) is 9.59 Å². The Balaban J connectivity index is 1.51. The Hall–Kier alpha value is -3.87. The highest BCUT2D eigenvalue weighted by Crippen LogP contribution is 2.13. The predicted octanol–water partition coefficient (Wildman–Crippen LogP) is 3.37. The van der Waals surface area contributed by atoms with E-state index in [1.54, 1.807) is 35.5 Å². The van der Waals surface area contributed by atoms with Crippen LogP contribution in [0.3, 0.4) is 0 Å². The molecule has 7 heteroatoms. The molecule has 4 aromatic rings. The fourth-order valence-corrected chi connectivity index (χ4v) is 3.57. The topological polar surface area (TPSA) is 81.0 Å². The average molecular weight is 428 g/mol. The summed E-state index contributed by atoms with van der Waals surface area (Å²) in [5, 5.41) is 8.59. The minimum Gasteiger partial charge on any atom is -0.334 e. The highest BCUT2D eigenvalue weighted by molar-refractivity contribution is 5.77. The van der Waals surface area contributed by atoms with Crippen LogP contribution in [-0.2, 0) is 30.8 Å². The number of fused-ring (bicyclic) bond motifs is 1. The van der Waals surface area contributed by atoms with Crippen LogP contribution in [0.15, 0.2) is 77.9 Å². The van der Waals surface area contributed by atoms with Gasteiger partial charge in [0.05, 0.1) is 11.9 Å². The molecule has 0 unspecified atom stereocenters. The van der Waals surface area contributed by atoms with Crippen LogP contribution >= 0.6 is 0 Å². The first kappa shape index (κ1) is 21.4. The predicted molar refractivity (Wildman–Crippen MR) is 123 cm³/mol. The number of hydrogen-bond donors (Lipinski definition) is 0. The molecule has 4 rings (SSSR count). The van der Waals surface area contributed by atoms with Crippen molar-refractivity contribution in [2.45, 2.75) is 39.4 Å². The maximum absolute atomic E-state index is 13.2. The molecule has 0 bridgehead atoms. The lowest BCUT2D eigenvalue weighted by Crippen LogP contribution is -2.33. The standard InChI is InChI=1S/C25H25N5O2/c1-2-19-9-11-20(12-10-19)17-29(18-21-6-5-14-26-16-21)24(31)13-15-30-25(32)22-7-3-4-8-23(22)27-28-30/h3-12,14,16H,2,13,15,17-18H2,1H3. The van der Waals surface area contributed by atoms with Gasteiger partial charge in [0.25, 0.3) is 5.56 Å². The summed E-state index contributed by atoms with van der Waals surface area (Å²) in [5.74, 6) is -0.0599. The van der Waals surface area contributed by atoms with E-state index >= 15 is 0 Å². The first-order chi connectivity index (χ1) is 15.6. The molecule has 2 aromatic carbocycles. The first-order valence-electron chi connectivity index (χ1n) is 10.7. The molecule has 1 amide bonds. The van der Waals surface area contributed by atoms with Crippen LogP contribution in [0.25, 0.3) is 10.9 Å². The van der Waals surface area contributed by atoms with Crippen molar-refractivity contribution in [1.82, 2.24) is 24.9 Å². The van der Waals surface area contributed by atoms with Crippen molar-refractivity contribution in [3.63, 3.8) is 0 Å². The number of aryl methyl sites for hydroxylation is 2. The molecule has 0 aliphatic rings. The third-order valence-electron chi connectivity index (χ3n) is 5.42. The van der Waals surface area contributed by atoms with Gasteiger partial charge < -0.3 is 4.90 Å². The molecule has 0 aliphatic carbocycles. The zero-order chi connectivity index (χ0) is 22.3. The highest BCUT2D eigenvalue weighted by atomic mass is 16.2. The average Bonchev–Trinajstić information content (AvgIpc) is 2.84. The summed E-state index contributed by atoms with van der Waals surface area (Å²) >= 11 is 0. The van der Waals surface area contributed by atoms with Gasteiger partial charge in [0, 0.05) is 31.9 Å². The van der Waals surface area contributed by atoms with Gasteiger partial charge in [-0.2, -0.15) is 0 Å². The summed E-state index contributed by atoms with van der Waals surface area (Å²) in [6.45, 7) is 3.22. The molecule has 0 saturated carbocycles. The van der Waals surface area contributed by atoms with Gasteiger partial charge in [0.15, 0.2) is 0 Å². The monoisotopic (exact) mass is 427 g/mol. The zero-order valence-electron chi connectivity index (χ0n) is 18.0. The minimum atomic E-state index is -0.239. The Bertz CT molecular complexity index is 1250. The molecule has 0 aliphatic heterocycles. The second kappa shape index (κ2) is 9.96. The fraction of sp³-hybridized carbons (Fsp3) is 0.240. The fourth-order valence-electron chi connectivity index (χ4n) is 3.57. The van der Waals surface area contributed by atoms with E-state index in [0.717, 1.165) is 17.5 Å². The van der Waals surface area contributed by atoms with Crippen molar-refractivity contribution in [3.8, 4) is 0 Å². The number of hydrogen-bond acceptors (Lipinski definition) is 5. The van der Waals surface area contributed by atoms with Crippen molar-refractivity contribution < 1.29 is 4.79 Å². The van der Waals surface area contributed by atoms with Crippen LogP contribution < -0.4 is 5.56 Å². The van der Waals surface area contributed by atoms with Crippen molar-refractivity contribution in [2.24, 2.45) is 0 Å². The van der Waals surface area contributed by atoms with Gasteiger partial charge in [0.1, 0.15) is 5.52 Å². The summed E-state index contributed by atoms with van der Waals surface area (Å²) in [7, 11) is 0. The number of amides is 1. The van der Waals surface area contributed by atoms with Gasteiger partial charge in [0.2, 0.25) is 5.91 Å². The SMILES string of the molecule is CCc1ccc(CN(Cc2cccnc2)C(=O)CCn2nnc3ccccc3c2=O)cc1. The lowest BCUT2D eigenvalue weighted by Gasteiger charge is -2.23. The maximum atomic E-state index is 13.2. The lowest BCUT2D eigenvalue weighted by atomic mass is 10.1. The van der Waals surface area contributed by atoms with Gasteiger partial charge in [-0.15, -0.1) is 5.10 Å². The second-order valence-electron chi connectivity index (χ2n) is 7.67. The molecule has 0 saturated heterocycles. The number of carbonyl (C=O) groups excluding carboxylic acids is 1. The third-order valence-corrected chi connectivity index (χ3v) is 5.42. The van der Waals surface area contributed by atoms with E-state index in [4.69, 9.17) is 0 Å². The van der Waals surface area contributed by atoms with Gasteiger partial charge in [-0.25, -0.2) is 4.68 Å². The molecule has 32 heavy (non-hydrogen) atoms. The number of benzene rings is 2. The summed E-state index contributed by atoms with van der Waals surface area (Å²) < 4.78 is 1.26. The molecular weight excluding hydrogens is 402 g/mol. The summed E-state index contributed by atoms with van der Waals surface area (Å²) in [6, 6.07) is 19.2. The smallest absolute Gasteiger partial charge is 0.277 e. The Kier molecular flexibility index (Phi) is 6.65. The molecule has 0 spiro atoms. The van der Waals surface area contributed by atoms with Gasteiger partial charge in [-0.3, -0.25) is 14.6 Å². The Morgan fingerprint density at radius 2 is 1.69 bits per heavy atom. The number of rotatable bonds is 8. The molecule has 0 fully saturated rings. The van der Waals surface area contributed by atoms with Crippen LogP contribution in [0.5, 0.6) is 0 Å². The molecule has 2 aromatic heterocycles. The molecule has 0 radical (unpaired) electrons. The number of pyridine rings is 1. The Morgan fingerprint density at radius 1 is 0.938 bits per heavy atom. The third kappa shape index (κ3) is 5.06. The Labute approximate surface area is 186 Å². The molecule has 7 nitrogen and oxygen atoms in total. The van der Waals surface area contributed by atoms with Gasteiger partial charge >= 0.3 is 0 Å². The van der Waals surface area contributed by atoms with Gasteiger partial charge in [-0.05, 0) is 41.3 Å². The molecule has 162 valence electrons. The van der Waals surface area contributed by atoms with Crippen LogP contribution in [0.1, 0.15) is 30.0 Å². The van der Waals surface area contributed by atoms with Crippen LogP contribution in [0, 0.1) is 0 Å². The van der Waals surface area contributed by atoms with E-state index in [0.29, 0.717) is 24.0 Å². The van der Waals surface area contributed by atoms with Crippen LogP contribution in [0.4, 0.5) is 0 Å². The first-order valence-corrected chi connectivity index (χ1v) is 10.7. The highest BCUT2D eigenvalue weighted by Gasteiger charge is 2.16. The van der Waals surface area contributed by atoms with E-state index in [2.05, 4.69) is 46.5 Å². The molecule has 0 N–H and O–H groups in total. The summed E-state index contributed by atoms with van der Waals surface area (Å²) in [6.07, 6.45) is 4.60. The number of aromatic nitrogens is 4.